The minimum absolute atomic E-state index is 0.0937. The molecular formula is C17H16Cl2N6O. The van der Waals surface area contributed by atoms with Gasteiger partial charge in [-0.3, -0.25) is 5.43 Å². The standard InChI is InChI=1S/C17H16Cl2N6O/c1-9-4-10(2)25(24-9)16-7-15(21-11(3)22-16)23-20-8-12-5-13(18)6-14(19)17(12)26/h4-8,26H,1-3H3,(H,21,22,23)/b20-8+. The molecule has 0 atom stereocenters. The van der Waals surface area contributed by atoms with Crippen LogP contribution in [0.4, 0.5) is 5.82 Å². The minimum Gasteiger partial charge on any atom is -0.506 e. The Morgan fingerprint density at radius 2 is 1.88 bits per heavy atom. The monoisotopic (exact) mass is 390 g/mol. The van der Waals surface area contributed by atoms with E-state index in [1.54, 1.807) is 23.7 Å². The van der Waals surface area contributed by atoms with Gasteiger partial charge in [-0.25, -0.2) is 14.6 Å². The summed E-state index contributed by atoms with van der Waals surface area (Å²) in [5.74, 6) is 1.60. The third kappa shape index (κ3) is 3.95. The number of benzene rings is 1. The summed E-state index contributed by atoms with van der Waals surface area (Å²) < 4.78 is 1.74. The summed E-state index contributed by atoms with van der Waals surface area (Å²) in [5.41, 5.74) is 5.07. The van der Waals surface area contributed by atoms with Crippen LogP contribution in [0.25, 0.3) is 5.82 Å². The number of hydrazone groups is 1. The maximum absolute atomic E-state index is 9.94. The van der Waals surface area contributed by atoms with Crippen molar-refractivity contribution in [3.8, 4) is 11.6 Å². The normalized spacial score (nSPS) is 11.3. The molecule has 2 aromatic heterocycles. The lowest BCUT2D eigenvalue weighted by atomic mass is 10.2. The highest BCUT2D eigenvalue weighted by Crippen LogP contribution is 2.30. The topological polar surface area (TPSA) is 88.2 Å². The minimum atomic E-state index is -0.0937. The first kappa shape index (κ1) is 18.2. The van der Waals surface area contributed by atoms with Crippen molar-refractivity contribution >= 4 is 35.2 Å². The van der Waals surface area contributed by atoms with E-state index in [9.17, 15) is 5.11 Å². The SMILES string of the molecule is Cc1cc(C)n(-c2cc(N/N=C/c3cc(Cl)cc(Cl)c3O)nc(C)n2)n1. The lowest BCUT2D eigenvalue weighted by molar-refractivity contribution is 0.475. The molecule has 3 aromatic rings. The van der Waals surface area contributed by atoms with Crippen LogP contribution in [0.15, 0.2) is 29.4 Å². The predicted octanol–water partition coefficient (Wildman–Crippen LogP) is 4.05. The fourth-order valence-electron chi connectivity index (χ4n) is 2.43. The molecule has 0 spiro atoms. The van der Waals surface area contributed by atoms with Gasteiger partial charge in [0.2, 0.25) is 0 Å². The third-order valence-electron chi connectivity index (χ3n) is 3.49. The van der Waals surface area contributed by atoms with Crippen molar-refractivity contribution in [2.45, 2.75) is 20.8 Å². The molecular weight excluding hydrogens is 375 g/mol. The number of hydrogen-bond acceptors (Lipinski definition) is 6. The molecule has 0 saturated heterocycles. The van der Waals surface area contributed by atoms with E-state index in [4.69, 9.17) is 23.2 Å². The van der Waals surface area contributed by atoms with Crippen molar-refractivity contribution in [1.29, 1.82) is 0 Å². The van der Waals surface area contributed by atoms with Crippen LogP contribution in [0.3, 0.4) is 0 Å². The van der Waals surface area contributed by atoms with Gasteiger partial charge in [-0.2, -0.15) is 10.2 Å². The van der Waals surface area contributed by atoms with Gasteiger partial charge < -0.3 is 5.11 Å². The average molecular weight is 391 g/mol. The first-order chi connectivity index (χ1) is 12.3. The van der Waals surface area contributed by atoms with E-state index in [0.29, 0.717) is 28.0 Å². The van der Waals surface area contributed by atoms with Crippen molar-refractivity contribution in [3.63, 3.8) is 0 Å². The van der Waals surface area contributed by atoms with Gasteiger partial charge in [-0.15, -0.1) is 0 Å². The zero-order valence-electron chi connectivity index (χ0n) is 14.3. The van der Waals surface area contributed by atoms with Gasteiger partial charge in [-0.05, 0) is 39.0 Å². The Morgan fingerprint density at radius 1 is 1.12 bits per heavy atom. The van der Waals surface area contributed by atoms with Crippen LogP contribution in [0.2, 0.25) is 10.0 Å². The van der Waals surface area contributed by atoms with Crippen LogP contribution in [0.5, 0.6) is 5.75 Å². The molecule has 0 bridgehead atoms. The molecule has 0 unspecified atom stereocenters. The number of aromatic hydroxyl groups is 1. The summed E-state index contributed by atoms with van der Waals surface area (Å²) in [7, 11) is 0. The number of nitrogens with zero attached hydrogens (tertiary/aromatic N) is 5. The van der Waals surface area contributed by atoms with Crippen LogP contribution in [0.1, 0.15) is 22.8 Å². The summed E-state index contributed by atoms with van der Waals surface area (Å²) in [6.45, 7) is 5.66. The highest BCUT2D eigenvalue weighted by molar-refractivity contribution is 6.36. The first-order valence-electron chi connectivity index (χ1n) is 7.70. The van der Waals surface area contributed by atoms with Gasteiger partial charge in [0, 0.05) is 22.3 Å². The second-order valence-corrected chi connectivity index (χ2v) is 6.54. The third-order valence-corrected chi connectivity index (χ3v) is 4.00. The molecule has 26 heavy (non-hydrogen) atoms. The van der Waals surface area contributed by atoms with Gasteiger partial charge in [0.25, 0.3) is 0 Å². The molecule has 0 saturated carbocycles. The van der Waals surface area contributed by atoms with Crippen LogP contribution in [0, 0.1) is 20.8 Å². The molecule has 0 aliphatic heterocycles. The number of aromatic nitrogens is 4. The molecule has 1 aromatic carbocycles. The number of phenolic OH excluding ortho intramolecular Hbond substituents is 1. The van der Waals surface area contributed by atoms with Crippen molar-refractivity contribution < 1.29 is 5.11 Å². The smallest absolute Gasteiger partial charge is 0.159 e. The largest absolute Gasteiger partial charge is 0.506 e. The maximum Gasteiger partial charge on any atom is 0.159 e. The van der Waals surface area contributed by atoms with E-state index in [0.717, 1.165) is 11.4 Å². The molecule has 2 N–H and O–H groups in total. The van der Waals surface area contributed by atoms with Crippen LogP contribution >= 0.6 is 23.2 Å². The lowest BCUT2D eigenvalue weighted by Gasteiger charge is -2.07. The second-order valence-electron chi connectivity index (χ2n) is 5.69. The molecule has 3 rings (SSSR count). The molecule has 7 nitrogen and oxygen atoms in total. The Kier molecular flexibility index (Phi) is 5.11. The Bertz CT molecular complexity index is 999. The Hall–Kier alpha value is -2.64. The fourth-order valence-corrected chi connectivity index (χ4v) is 2.94. The molecule has 0 aliphatic rings. The molecule has 0 fully saturated rings. The van der Waals surface area contributed by atoms with E-state index in [-0.39, 0.29) is 10.8 Å². The van der Waals surface area contributed by atoms with Gasteiger partial charge in [0.1, 0.15) is 11.6 Å². The zero-order valence-corrected chi connectivity index (χ0v) is 15.8. The maximum atomic E-state index is 9.94. The van der Waals surface area contributed by atoms with E-state index in [2.05, 4.69) is 25.6 Å². The Morgan fingerprint density at radius 3 is 2.58 bits per heavy atom. The highest BCUT2D eigenvalue weighted by Gasteiger charge is 2.09. The van der Waals surface area contributed by atoms with E-state index >= 15 is 0 Å². The highest BCUT2D eigenvalue weighted by atomic mass is 35.5. The summed E-state index contributed by atoms with van der Waals surface area (Å²) in [4.78, 5) is 8.70. The summed E-state index contributed by atoms with van der Waals surface area (Å²) in [5, 5.41) is 19.0. The van der Waals surface area contributed by atoms with Gasteiger partial charge >= 0.3 is 0 Å². The molecule has 9 heteroatoms. The van der Waals surface area contributed by atoms with Crippen molar-refractivity contribution in [2.75, 3.05) is 5.43 Å². The molecule has 134 valence electrons. The Labute approximate surface area is 160 Å². The van der Waals surface area contributed by atoms with E-state index in [1.165, 1.54) is 12.3 Å². The summed E-state index contributed by atoms with van der Waals surface area (Å²) >= 11 is 11.8. The number of hydrogen-bond donors (Lipinski definition) is 2. The number of aryl methyl sites for hydroxylation is 3. The fraction of sp³-hybridized carbons (Fsp3) is 0.176. The number of nitrogens with one attached hydrogen (secondary N) is 1. The van der Waals surface area contributed by atoms with Gasteiger partial charge in [-0.1, -0.05) is 23.2 Å². The number of halogens is 2. The van der Waals surface area contributed by atoms with Crippen molar-refractivity contribution in [3.05, 3.63) is 57.1 Å². The molecule has 0 amide bonds. The van der Waals surface area contributed by atoms with E-state index in [1.807, 2.05) is 19.9 Å². The van der Waals surface area contributed by atoms with Crippen LogP contribution in [-0.4, -0.2) is 31.1 Å². The second kappa shape index (κ2) is 7.31. The van der Waals surface area contributed by atoms with Gasteiger partial charge in [0.05, 0.1) is 16.9 Å². The average Bonchev–Trinajstić information content (AvgIpc) is 2.90. The van der Waals surface area contributed by atoms with Crippen LogP contribution in [-0.2, 0) is 0 Å². The molecule has 0 aliphatic carbocycles. The predicted molar refractivity (Wildman–Crippen MR) is 103 cm³/mol. The summed E-state index contributed by atoms with van der Waals surface area (Å²) in [6.07, 6.45) is 1.41. The van der Waals surface area contributed by atoms with Crippen LogP contribution < -0.4 is 5.43 Å². The van der Waals surface area contributed by atoms with Crippen molar-refractivity contribution in [1.82, 2.24) is 19.7 Å². The summed E-state index contributed by atoms with van der Waals surface area (Å²) in [6, 6.07) is 6.71. The number of rotatable bonds is 4. The molecule has 2 heterocycles. The lowest BCUT2D eigenvalue weighted by Crippen LogP contribution is -2.06. The quantitative estimate of drug-likeness (QED) is 0.518. The number of anilines is 1. The zero-order chi connectivity index (χ0) is 18.8. The first-order valence-corrected chi connectivity index (χ1v) is 8.45. The van der Waals surface area contributed by atoms with Crippen molar-refractivity contribution in [2.24, 2.45) is 5.10 Å². The Balaban J connectivity index is 1.86. The molecule has 0 radical (unpaired) electrons. The van der Waals surface area contributed by atoms with Gasteiger partial charge in [0.15, 0.2) is 11.6 Å². The van der Waals surface area contributed by atoms with E-state index < -0.39 is 0 Å². The number of phenols is 1.